The van der Waals surface area contributed by atoms with Gasteiger partial charge < -0.3 is 15.2 Å². The molecule has 1 aliphatic rings. The molecule has 140 valence electrons. The average molecular weight is 358 g/mol. The fourth-order valence-corrected chi connectivity index (χ4v) is 3.26. The molecule has 3 heterocycles. The first-order chi connectivity index (χ1) is 12.5. The standard InChI is InChI=1S/C18H26N6O2/c1-4-23-8-6-19-16(18(23)26)20-10-13-5-7-24-15(9-13)14(11-21-24)17(25)22-12(2)3/h6,8,11-13H,4-5,7,9-10H2,1-3H3,(H,19,20)(H,22,25). The van der Waals surface area contributed by atoms with E-state index in [1.807, 2.05) is 25.5 Å². The molecule has 0 aromatic carbocycles. The molecule has 0 radical (unpaired) electrons. The Labute approximate surface area is 152 Å². The Morgan fingerprint density at radius 1 is 1.42 bits per heavy atom. The van der Waals surface area contributed by atoms with Crippen molar-refractivity contribution in [1.29, 1.82) is 0 Å². The number of aryl methyl sites for hydroxylation is 2. The molecule has 0 spiro atoms. The average Bonchev–Trinajstić information content (AvgIpc) is 3.03. The van der Waals surface area contributed by atoms with E-state index >= 15 is 0 Å². The van der Waals surface area contributed by atoms with Gasteiger partial charge in [0.25, 0.3) is 11.5 Å². The van der Waals surface area contributed by atoms with Crippen molar-refractivity contribution in [1.82, 2.24) is 24.6 Å². The van der Waals surface area contributed by atoms with Crippen LogP contribution in [0.15, 0.2) is 23.4 Å². The van der Waals surface area contributed by atoms with Crippen LogP contribution in [0.2, 0.25) is 0 Å². The van der Waals surface area contributed by atoms with E-state index in [0.29, 0.717) is 30.4 Å². The van der Waals surface area contributed by atoms with Crippen molar-refractivity contribution in [3.63, 3.8) is 0 Å². The summed E-state index contributed by atoms with van der Waals surface area (Å²) in [6, 6.07) is 0.0870. The number of carbonyl (C=O) groups is 1. The first-order valence-electron chi connectivity index (χ1n) is 9.14. The molecule has 0 saturated heterocycles. The van der Waals surface area contributed by atoms with Gasteiger partial charge in [-0.3, -0.25) is 14.3 Å². The highest BCUT2D eigenvalue weighted by atomic mass is 16.2. The lowest BCUT2D eigenvalue weighted by atomic mass is 9.94. The Morgan fingerprint density at radius 3 is 2.96 bits per heavy atom. The van der Waals surface area contributed by atoms with Gasteiger partial charge in [-0.05, 0) is 39.5 Å². The topological polar surface area (TPSA) is 93.8 Å². The molecule has 8 heteroatoms. The summed E-state index contributed by atoms with van der Waals surface area (Å²) in [6.07, 6.45) is 6.68. The van der Waals surface area contributed by atoms with Gasteiger partial charge in [0.2, 0.25) is 0 Å². The van der Waals surface area contributed by atoms with Gasteiger partial charge in [-0.15, -0.1) is 0 Å². The predicted octanol–water partition coefficient (Wildman–Crippen LogP) is 1.27. The van der Waals surface area contributed by atoms with Gasteiger partial charge in [0, 0.05) is 38.1 Å². The largest absolute Gasteiger partial charge is 0.365 e. The molecular weight excluding hydrogens is 332 g/mol. The molecule has 2 N–H and O–H groups in total. The lowest BCUT2D eigenvalue weighted by Gasteiger charge is -2.24. The van der Waals surface area contributed by atoms with Crippen LogP contribution in [-0.4, -0.2) is 37.8 Å². The van der Waals surface area contributed by atoms with Gasteiger partial charge in [-0.25, -0.2) is 4.98 Å². The van der Waals surface area contributed by atoms with Gasteiger partial charge in [0.05, 0.1) is 17.5 Å². The zero-order chi connectivity index (χ0) is 18.7. The van der Waals surface area contributed by atoms with E-state index in [2.05, 4.69) is 20.7 Å². The van der Waals surface area contributed by atoms with Crippen LogP contribution in [0.5, 0.6) is 0 Å². The predicted molar refractivity (Wildman–Crippen MR) is 99.3 cm³/mol. The van der Waals surface area contributed by atoms with Gasteiger partial charge in [-0.2, -0.15) is 5.10 Å². The third-order valence-corrected chi connectivity index (χ3v) is 4.66. The number of nitrogens with zero attached hydrogens (tertiary/aromatic N) is 4. The summed E-state index contributed by atoms with van der Waals surface area (Å²) in [5, 5.41) is 10.5. The molecule has 2 aromatic rings. The van der Waals surface area contributed by atoms with Crippen LogP contribution in [0.1, 0.15) is 43.2 Å². The highest BCUT2D eigenvalue weighted by Crippen LogP contribution is 2.23. The summed E-state index contributed by atoms with van der Waals surface area (Å²) < 4.78 is 3.54. The van der Waals surface area contributed by atoms with E-state index in [-0.39, 0.29) is 17.5 Å². The van der Waals surface area contributed by atoms with Crippen LogP contribution in [-0.2, 0) is 19.5 Å². The first kappa shape index (κ1) is 18.2. The minimum absolute atomic E-state index is 0.0783. The first-order valence-corrected chi connectivity index (χ1v) is 9.14. The van der Waals surface area contributed by atoms with E-state index in [9.17, 15) is 9.59 Å². The molecule has 1 aliphatic heterocycles. The van der Waals surface area contributed by atoms with Gasteiger partial charge in [0.15, 0.2) is 5.82 Å². The van der Waals surface area contributed by atoms with Crippen LogP contribution in [0.3, 0.4) is 0 Å². The van der Waals surface area contributed by atoms with Gasteiger partial charge in [-0.1, -0.05) is 0 Å². The molecule has 0 bridgehead atoms. The number of carbonyl (C=O) groups excluding carboxylic acids is 1. The summed E-state index contributed by atoms with van der Waals surface area (Å²) in [6.45, 7) is 7.85. The second kappa shape index (κ2) is 7.72. The minimum Gasteiger partial charge on any atom is -0.365 e. The second-order valence-corrected chi connectivity index (χ2v) is 6.96. The molecular formula is C18H26N6O2. The van der Waals surface area contributed by atoms with Crippen LogP contribution in [0, 0.1) is 5.92 Å². The van der Waals surface area contributed by atoms with Crippen molar-refractivity contribution < 1.29 is 4.79 Å². The molecule has 0 aliphatic carbocycles. The number of hydrogen-bond acceptors (Lipinski definition) is 5. The molecule has 0 fully saturated rings. The Hall–Kier alpha value is -2.64. The Morgan fingerprint density at radius 2 is 2.23 bits per heavy atom. The third kappa shape index (κ3) is 3.79. The third-order valence-electron chi connectivity index (χ3n) is 4.66. The zero-order valence-corrected chi connectivity index (χ0v) is 15.5. The Bertz CT molecular complexity index is 838. The molecule has 1 unspecified atom stereocenters. The van der Waals surface area contributed by atoms with Crippen molar-refractivity contribution in [3.8, 4) is 0 Å². The van der Waals surface area contributed by atoms with E-state index in [4.69, 9.17) is 0 Å². The summed E-state index contributed by atoms with van der Waals surface area (Å²) in [5.74, 6) is 0.623. The number of aromatic nitrogens is 4. The summed E-state index contributed by atoms with van der Waals surface area (Å²) in [4.78, 5) is 28.8. The number of anilines is 1. The Balaban J connectivity index is 1.68. The number of fused-ring (bicyclic) bond motifs is 1. The molecule has 8 nitrogen and oxygen atoms in total. The van der Waals surface area contributed by atoms with Crippen LogP contribution < -0.4 is 16.2 Å². The second-order valence-electron chi connectivity index (χ2n) is 6.96. The highest BCUT2D eigenvalue weighted by Gasteiger charge is 2.25. The van der Waals surface area contributed by atoms with Crippen LogP contribution >= 0.6 is 0 Å². The fraction of sp³-hybridized carbons (Fsp3) is 0.556. The lowest BCUT2D eigenvalue weighted by molar-refractivity contribution is 0.0941. The van der Waals surface area contributed by atoms with E-state index < -0.39 is 0 Å². The maximum Gasteiger partial charge on any atom is 0.293 e. The number of rotatable bonds is 6. The maximum absolute atomic E-state index is 12.4. The van der Waals surface area contributed by atoms with Gasteiger partial charge >= 0.3 is 0 Å². The van der Waals surface area contributed by atoms with E-state index in [1.54, 1.807) is 23.2 Å². The summed E-state index contributed by atoms with van der Waals surface area (Å²) in [5.41, 5.74) is 1.51. The number of hydrogen-bond donors (Lipinski definition) is 2. The quantitative estimate of drug-likeness (QED) is 0.811. The van der Waals surface area contributed by atoms with Crippen molar-refractivity contribution >= 4 is 11.7 Å². The highest BCUT2D eigenvalue weighted by molar-refractivity contribution is 5.95. The van der Waals surface area contributed by atoms with Crippen molar-refractivity contribution in [3.05, 3.63) is 40.2 Å². The molecule has 1 atom stereocenters. The van der Waals surface area contributed by atoms with E-state index in [0.717, 1.165) is 25.1 Å². The molecule has 2 aromatic heterocycles. The van der Waals surface area contributed by atoms with Crippen LogP contribution in [0.25, 0.3) is 0 Å². The number of amides is 1. The monoisotopic (exact) mass is 358 g/mol. The van der Waals surface area contributed by atoms with Crippen molar-refractivity contribution in [2.75, 3.05) is 11.9 Å². The smallest absolute Gasteiger partial charge is 0.293 e. The number of nitrogens with one attached hydrogen (secondary N) is 2. The van der Waals surface area contributed by atoms with E-state index in [1.165, 1.54) is 0 Å². The molecule has 3 rings (SSSR count). The minimum atomic E-state index is -0.104. The van der Waals surface area contributed by atoms with Crippen molar-refractivity contribution in [2.24, 2.45) is 5.92 Å². The lowest BCUT2D eigenvalue weighted by Crippen LogP contribution is -2.33. The zero-order valence-electron chi connectivity index (χ0n) is 15.5. The summed E-state index contributed by atoms with van der Waals surface area (Å²) in [7, 11) is 0. The van der Waals surface area contributed by atoms with Gasteiger partial charge in [0.1, 0.15) is 0 Å². The maximum atomic E-state index is 12.4. The Kier molecular flexibility index (Phi) is 5.39. The normalized spacial score (nSPS) is 16.4. The summed E-state index contributed by atoms with van der Waals surface area (Å²) >= 11 is 0. The molecule has 26 heavy (non-hydrogen) atoms. The molecule has 1 amide bonds. The SMILES string of the molecule is CCn1ccnc(NCC2CCn3ncc(C(=O)NC(C)C)c3C2)c1=O. The molecule has 0 saturated carbocycles. The van der Waals surface area contributed by atoms with Crippen molar-refractivity contribution in [2.45, 2.75) is 52.7 Å². The van der Waals surface area contributed by atoms with Crippen LogP contribution in [0.4, 0.5) is 5.82 Å². The fourth-order valence-electron chi connectivity index (χ4n) is 3.26.